The summed E-state index contributed by atoms with van der Waals surface area (Å²) in [6.07, 6.45) is 0.611. The monoisotopic (exact) mass is 371 g/mol. The topological polar surface area (TPSA) is 35.2 Å². The fourth-order valence-electron chi connectivity index (χ4n) is 1.78. The van der Waals surface area contributed by atoms with Crippen molar-refractivity contribution < 1.29 is 9.13 Å². The Morgan fingerprint density at radius 2 is 1.84 bits per heavy atom. The summed E-state index contributed by atoms with van der Waals surface area (Å²) in [6.45, 7) is 0.948. The summed E-state index contributed by atoms with van der Waals surface area (Å²) in [6, 6.07) is 12.7. The average Bonchev–Trinajstić information content (AvgIpc) is 2.40. The molecule has 0 bridgehead atoms. The van der Waals surface area contributed by atoms with E-state index in [1.54, 1.807) is 6.07 Å². The van der Waals surface area contributed by atoms with E-state index in [1.807, 2.05) is 24.3 Å². The van der Waals surface area contributed by atoms with Gasteiger partial charge in [-0.15, -0.1) is 0 Å². The number of halogens is 2. The molecule has 0 unspecified atom stereocenters. The molecule has 0 amide bonds. The lowest BCUT2D eigenvalue weighted by Gasteiger charge is -2.11. The number of rotatable bonds is 5. The average molecular weight is 371 g/mol. The predicted molar refractivity (Wildman–Crippen MR) is 82.6 cm³/mol. The van der Waals surface area contributed by atoms with Gasteiger partial charge in [-0.05, 0) is 77.0 Å². The van der Waals surface area contributed by atoms with E-state index >= 15 is 0 Å². The maximum atomic E-state index is 13.2. The number of hydrogen-bond donors (Lipinski definition) is 1. The Hall–Kier alpha value is -1.14. The van der Waals surface area contributed by atoms with Gasteiger partial charge in [0.1, 0.15) is 18.2 Å². The largest absolute Gasteiger partial charge is 0.489 e. The van der Waals surface area contributed by atoms with Gasteiger partial charge in [0.25, 0.3) is 0 Å². The summed E-state index contributed by atoms with van der Waals surface area (Å²) in [5.74, 6) is 0.440. The predicted octanol–water partition coefficient (Wildman–Crippen LogP) is 3.51. The Labute approximate surface area is 125 Å². The fraction of sp³-hybridized carbons (Fsp3) is 0.200. The van der Waals surface area contributed by atoms with Crippen molar-refractivity contribution in [2.24, 2.45) is 5.73 Å². The Bertz CT molecular complexity index is 542. The second-order valence-corrected chi connectivity index (χ2v) is 5.45. The van der Waals surface area contributed by atoms with Crippen LogP contribution in [-0.2, 0) is 13.0 Å². The van der Waals surface area contributed by atoms with Crippen molar-refractivity contribution in [3.63, 3.8) is 0 Å². The maximum absolute atomic E-state index is 13.2. The van der Waals surface area contributed by atoms with E-state index in [2.05, 4.69) is 22.6 Å². The Kier molecular flexibility index (Phi) is 5.15. The van der Waals surface area contributed by atoms with Crippen LogP contribution in [0, 0.1) is 9.39 Å². The molecular formula is C15H15FINO. The molecule has 2 N–H and O–H groups in total. The van der Waals surface area contributed by atoms with Crippen LogP contribution >= 0.6 is 22.6 Å². The van der Waals surface area contributed by atoms with Crippen molar-refractivity contribution in [2.45, 2.75) is 13.0 Å². The summed E-state index contributed by atoms with van der Waals surface area (Å²) in [5.41, 5.74) is 7.42. The fourth-order valence-corrected chi connectivity index (χ4v) is 2.14. The highest BCUT2D eigenvalue weighted by molar-refractivity contribution is 14.1. The van der Waals surface area contributed by atoms with Gasteiger partial charge in [-0.3, -0.25) is 0 Å². The van der Waals surface area contributed by atoms with Crippen LogP contribution in [0.2, 0.25) is 0 Å². The van der Waals surface area contributed by atoms with E-state index < -0.39 is 0 Å². The highest BCUT2D eigenvalue weighted by Crippen LogP contribution is 2.21. The molecule has 0 saturated carbocycles. The molecule has 2 rings (SSSR count). The zero-order valence-electron chi connectivity index (χ0n) is 10.4. The lowest BCUT2D eigenvalue weighted by molar-refractivity contribution is 0.302. The van der Waals surface area contributed by atoms with Gasteiger partial charge in [0.15, 0.2) is 0 Å². The van der Waals surface area contributed by atoms with Crippen LogP contribution in [0.5, 0.6) is 5.75 Å². The van der Waals surface area contributed by atoms with E-state index in [0.29, 0.717) is 25.3 Å². The minimum absolute atomic E-state index is 0.259. The summed E-state index contributed by atoms with van der Waals surface area (Å²) in [5, 5.41) is 0. The van der Waals surface area contributed by atoms with Gasteiger partial charge in [0.05, 0.1) is 0 Å². The smallest absolute Gasteiger partial charge is 0.123 e. The number of ether oxygens (including phenoxy) is 1. The highest BCUT2D eigenvalue weighted by atomic mass is 127. The third-order valence-corrected chi connectivity index (χ3v) is 3.46. The molecule has 0 radical (unpaired) electrons. The first-order valence-electron chi connectivity index (χ1n) is 6.05. The maximum Gasteiger partial charge on any atom is 0.123 e. The van der Waals surface area contributed by atoms with Gasteiger partial charge in [-0.2, -0.15) is 0 Å². The van der Waals surface area contributed by atoms with Crippen LogP contribution in [0.3, 0.4) is 0 Å². The second kappa shape index (κ2) is 6.86. The van der Waals surface area contributed by atoms with Crippen molar-refractivity contribution >= 4 is 22.6 Å². The summed E-state index contributed by atoms with van der Waals surface area (Å²) in [7, 11) is 0. The molecule has 0 saturated heterocycles. The molecule has 4 heteroatoms. The SMILES string of the molecule is NCCc1cc(F)ccc1OCc1ccc(I)cc1. The number of benzene rings is 2. The van der Waals surface area contributed by atoms with Crippen LogP contribution < -0.4 is 10.5 Å². The standard InChI is InChI=1S/C15H15FINO/c16-13-3-6-15(12(9-13)7-8-18)19-10-11-1-4-14(17)5-2-11/h1-6,9H,7-8,10,18H2. The van der Waals surface area contributed by atoms with Crippen molar-refractivity contribution in [2.75, 3.05) is 6.54 Å². The normalized spacial score (nSPS) is 10.5. The molecule has 0 aliphatic rings. The van der Waals surface area contributed by atoms with Gasteiger partial charge in [-0.1, -0.05) is 12.1 Å². The number of nitrogens with two attached hydrogens (primary N) is 1. The molecule has 0 heterocycles. The van der Waals surface area contributed by atoms with Crippen molar-refractivity contribution in [1.29, 1.82) is 0 Å². The Morgan fingerprint density at radius 3 is 2.53 bits per heavy atom. The minimum atomic E-state index is -0.259. The lowest BCUT2D eigenvalue weighted by Crippen LogP contribution is -2.06. The molecule has 0 spiro atoms. The molecule has 2 aromatic carbocycles. The summed E-state index contributed by atoms with van der Waals surface area (Å²) in [4.78, 5) is 0. The van der Waals surface area contributed by atoms with Gasteiger partial charge in [0, 0.05) is 3.57 Å². The lowest BCUT2D eigenvalue weighted by atomic mass is 10.1. The highest BCUT2D eigenvalue weighted by Gasteiger charge is 2.05. The third-order valence-electron chi connectivity index (χ3n) is 2.74. The second-order valence-electron chi connectivity index (χ2n) is 4.21. The van der Waals surface area contributed by atoms with E-state index in [-0.39, 0.29) is 5.82 Å². The zero-order valence-corrected chi connectivity index (χ0v) is 12.6. The van der Waals surface area contributed by atoms with Gasteiger partial charge in [0.2, 0.25) is 0 Å². The van der Waals surface area contributed by atoms with Crippen molar-refractivity contribution in [3.8, 4) is 5.75 Å². The molecule has 0 fully saturated rings. The zero-order chi connectivity index (χ0) is 13.7. The van der Waals surface area contributed by atoms with Crippen LogP contribution in [0.1, 0.15) is 11.1 Å². The first-order valence-corrected chi connectivity index (χ1v) is 7.12. The Balaban J connectivity index is 2.08. The van der Waals surface area contributed by atoms with Gasteiger partial charge < -0.3 is 10.5 Å². The van der Waals surface area contributed by atoms with Gasteiger partial charge in [-0.25, -0.2) is 4.39 Å². The number of hydrogen-bond acceptors (Lipinski definition) is 2. The van der Waals surface area contributed by atoms with Crippen LogP contribution in [0.25, 0.3) is 0 Å². The quantitative estimate of drug-likeness (QED) is 0.817. The molecule has 0 aliphatic carbocycles. The van der Waals surface area contributed by atoms with Crippen molar-refractivity contribution in [3.05, 3.63) is 63.0 Å². The minimum Gasteiger partial charge on any atom is -0.489 e. The molecule has 0 aliphatic heterocycles. The summed E-state index contributed by atoms with van der Waals surface area (Å²) >= 11 is 2.26. The van der Waals surface area contributed by atoms with E-state index in [4.69, 9.17) is 10.5 Å². The van der Waals surface area contributed by atoms with Crippen LogP contribution in [0.4, 0.5) is 4.39 Å². The molecule has 100 valence electrons. The van der Waals surface area contributed by atoms with Crippen molar-refractivity contribution in [1.82, 2.24) is 0 Å². The molecule has 19 heavy (non-hydrogen) atoms. The van der Waals surface area contributed by atoms with Crippen LogP contribution in [0.15, 0.2) is 42.5 Å². The first-order chi connectivity index (χ1) is 9.19. The molecule has 0 atom stereocenters. The van der Waals surface area contributed by atoms with Crippen LogP contribution in [-0.4, -0.2) is 6.54 Å². The molecule has 2 nitrogen and oxygen atoms in total. The van der Waals surface area contributed by atoms with E-state index in [9.17, 15) is 4.39 Å². The summed E-state index contributed by atoms with van der Waals surface area (Å²) < 4.78 is 20.1. The molecule has 0 aromatic heterocycles. The molecule has 2 aromatic rings. The Morgan fingerprint density at radius 1 is 1.11 bits per heavy atom. The van der Waals surface area contributed by atoms with E-state index in [0.717, 1.165) is 11.1 Å². The van der Waals surface area contributed by atoms with Gasteiger partial charge >= 0.3 is 0 Å². The van der Waals surface area contributed by atoms with E-state index in [1.165, 1.54) is 15.7 Å². The first kappa shape index (κ1) is 14.3. The molecular weight excluding hydrogens is 356 g/mol. The third kappa shape index (κ3) is 4.18.